The molecule has 2 N–H and O–H groups in total. The first-order chi connectivity index (χ1) is 13.7. The monoisotopic (exact) mass is 392 g/mol. The van der Waals surface area contributed by atoms with E-state index in [1.165, 1.54) is 0 Å². The zero-order valence-electron chi connectivity index (χ0n) is 15.3. The second-order valence-corrected chi connectivity index (χ2v) is 6.79. The van der Waals surface area contributed by atoms with Gasteiger partial charge in [0.2, 0.25) is 0 Å². The third-order valence-corrected chi connectivity index (χ3v) is 4.70. The standard InChI is InChI=1S/C22H20N2O3S/c1-28-19-11-9-16(10-12-19)14-20(22(26)23-15-18-8-5-13-27-18)24-21(25)17-6-3-2-4-7-17/h2-14H,15H2,1H3,(H,23,26)(H,24,25)/b20-14+. The van der Waals surface area contributed by atoms with E-state index < -0.39 is 5.91 Å². The summed E-state index contributed by atoms with van der Waals surface area (Å²) in [4.78, 5) is 26.3. The van der Waals surface area contributed by atoms with Crippen LogP contribution in [0.5, 0.6) is 0 Å². The molecule has 0 radical (unpaired) electrons. The van der Waals surface area contributed by atoms with Gasteiger partial charge in [-0.2, -0.15) is 0 Å². The third kappa shape index (κ3) is 5.37. The summed E-state index contributed by atoms with van der Waals surface area (Å²) in [5.74, 6) is -0.109. The van der Waals surface area contributed by atoms with Crippen molar-refractivity contribution >= 4 is 29.7 Å². The van der Waals surface area contributed by atoms with Gasteiger partial charge in [0, 0.05) is 10.5 Å². The summed E-state index contributed by atoms with van der Waals surface area (Å²) in [7, 11) is 0. The van der Waals surface area contributed by atoms with Crippen LogP contribution >= 0.6 is 11.8 Å². The predicted octanol–water partition coefficient (Wildman–Crippen LogP) is 4.09. The minimum atomic E-state index is -0.394. The Morgan fingerprint density at radius 2 is 1.75 bits per heavy atom. The molecule has 0 aliphatic rings. The highest BCUT2D eigenvalue weighted by molar-refractivity contribution is 7.98. The van der Waals surface area contributed by atoms with Crippen molar-refractivity contribution in [1.29, 1.82) is 0 Å². The zero-order valence-corrected chi connectivity index (χ0v) is 16.2. The van der Waals surface area contributed by atoms with Gasteiger partial charge >= 0.3 is 0 Å². The summed E-state index contributed by atoms with van der Waals surface area (Å²) in [5.41, 5.74) is 1.46. The summed E-state index contributed by atoms with van der Waals surface area (Å²) in [5, 5.41) is 5.48. The van der Waals surface area contributed by atoms with Crippen molar-refractivity contribution in [2.75, 3.05) is 6.26 Å². The van der Waals surface area contributed by atoms with Crippen LogP contribution in [0.1, 0.15) is 21.7 Å². The molecule has 0 unspecified atom stereocenters. The Bertz CT molecular complexity index is 949. The molecule has 2 aromatic carbocycles. The van der Waals surface area contributed by atoms with Crippen LogP contribution in [0.25, 0.3) is 6.08 Å². The van der Waals surface area contributed by atoms with Crippen LogP contribution in [-0.4, -0.2) is 18.1 Å². The largest absolute Gasteiger partial charge is 0.467 e. The molecule has 142 valence electrons. The van der Waals surface area contributed by atoms with Gasteiger partial charge < -0.3 is 15.1 Å². The molecule has 5 nitrogen and oxygen atoms in total. The zero-order chi connectivity index (χ0) is 19.8. The second kappa shape index (κ2) is 9.62. The number of nitrogens with one attached hydrogen (secondary N) is 2. The molecule has 6 heteroatoms. The number of carbonyl (C=O) groups excluding carboxylic acids is 2. The Labute approximate surface area is 167 Å². The van der Waals surface area contributed by atoms with Crippen LogP contribution in [-0.2, 0) is 11.3 Å². The average molecular weight is 392 g/mol. The van der Waals surface area contributed by atoms with Gasteiger partial charge in [-0.3, -0.25) is 9.59 Å². The van der Waals surface area contributed by atoms with Crippen LogP contribution in [0.4, 0.5) is 0 Å². The Kier molecular flexibility index (Phi) is 6.70. The Morgan fingerprint density at radius 3 is 2.39 bits per heavy atom. The topological polar surface area (TPSA) is 71.3 Å². The quantitative estimate of drug-likeness (QED) is 0.469. The summed E-state index contributed by atoms with van der Waals surface area (Å²) < 4.78 is 5.23. The van der Waals surface area contributed by atoms with E-state index in [4.69, 9.17) is 4.42 Å². The first kappa shape index (κ1) is 19.5. The van der Waals surface area contributed by atoms with Crippen LogP contribution in [0.15, 0.2) is 88.0 Å². The van der Waals surface area contributed by atoms with E-state index in [0.717, 1.165) is 10.5 Å². The molecule has 0 saturated heterocycles. The van der Waals surface area contributed by atoms with Gasteiger partial charge in [-0.1, -0.05) is 30.3 Å². The lowest BCUT2D eigenvalue weighted by atomic mass is 10.1. The molecule has 0 bridgehead atoms. The van der Waals surface area contributed by atoms with E-state index in [9.17, 15) is 9.59 Å². The molecule has 0 aliphatic heterocycles. The molecule has 0 atom stereocenters. The first-order valence-corrected chi connectivity index (χ1v) is 9.91. The Morgan fingerprint density at radius 1 is 1.00 bits per heavy atom. The van der Waals surface area contributed by atoms with Gasteiger partial charge in [0.05, 0.1) is 12.8 Å². The summed E-state index contributed by atoms with van der Waals surface area (Å²) in [6.07, 6.45) is 5.20. The number of thioether (sulfide) groups is 1. The molecule has 2 amide bonds. The summed E-state index contributed by atoms with van der Waals surface area (Å²) in [6.45, 7) is 0.232. The van der Waals surface area contributed by atoms with Gasteiger partial charge in [-0.15, -0.1) is 11.8 Å². The third-order valence-electron chi connectivity index (χ3n) is 3.96. The van der Waals surface area contributed by atoms with E-state index in [0.29, 0.717) is 11.3 Å². The second-order valence-electron chi connectivity index (χ2n) is 5.91. The molecule has 0 spiro atoms. The summed E-state index contributed by atoms with van der Waals surface area (Å²) >= 11 is 1.64. The molecule has 1 heterocycles. The Balaban J connectivity index is 1.80. The van der Waals surface area contributed by atoms with Gasteiger partial charge in [-0.25, -0.2) is 0 Å². The first-order valence-electron chi connectivity index (χ1n) is 8.68. The normalized spacial score (nSPS) is 11.1. The van der Waals surface area contributed by atoms with E-state index in [1.807, 2.05) is 36.6 Å². The molecule has 3 aromatic rings. The van der Waals surface area contributed by atoms with Crippen LogP contribution in [0.3, 0.4) is 0 Å². The predicted molar refractivity (Wildman–Crippen MR) is 111 cm³/mol. The number of hydrogen-bond acceptors (Lipinski definition) is 4. The lowest BCUT2D eigenvalue weighted by molar-refractivity contribution is -0.118. The van der Waals surface area contributed by atoms with Crippen molar-refractivity contribution in [3.8, 4) is 0 Å². The van der Waals surface area contributed by atoms with E-state index in [-0.39, 0.29) is 18.1 Å². The molecule has 1 aromatic heterocycles. The van der Waals surface area contributed by atoms with Crippen LogP contribution in [0.2, 0.25) is 0 Å². The lowest BCUT2D eigenvalue weighted by Crippen LogP contribution is -2.34. The van der Waals surface area contributed by atoms with Crippen molar-refractivity contribution in [3.63, 3.8) is 0 Å². The molecule has 3 rings (SSSR count). The number of carbonyl (C=O) groups is 2. The minimum absolute atomic E-state index is 0.164. The van der Waals surface area contributed by atoms with Crippen LogP contribution < -0.4 is 10.6 Å². The fraction of sp³-hybridized carbons (Fsp3) is 0.0909. The van der Waals surface area contributed by atoms with Gasteiger partial charge in [0.15, 0.2) is 0 Å². The highest BCUT2D eigenvalue weighted by Crippen LogP contribution is 2.16. The molecular weight excluding hydrogens is 372 g/mol. The van der Waals surface area contributed by atoms with E-state index in [2.05, 4.69) is 10.6 Å². The molecule has 0 aliphatic carbocycles. The number of furan rings is 1. The molecule has 0 fully saturated rings. The number of benzene rings is 2. The van der Waals surface area contributed by atoms with Gasteiger partial charge in [-0.05, 0) is 54.3 Å². The van der Waals surface area contributed by atoms with Gasteiger partial charge in [0.25, 0.3) is 11.8 Å². The lowest BCUT2D eigenvalue weighted by Gasteiger charge is -2.11. The number of amides is 2. The van der Waals surface area contributed by atoms with E-state index in [1.54, 1.807) is 60.5 Å². The fourth-order valence-electron chi connectivity index (χ4n) is 2.48. The maximum atomic E-state index is 12.7. The number of rotatable bonds is 7. The minimum Gasteiger partial charge on any atom is -0.467 e. The highest BCUT2D eigenvalue weighted by Gasteiger charge is 2.15. The summed E-state index contributed by atoms with van der Waals surface area (Å²) in [6, 6.07) is 20.0. The Hall–Kier alpha value is -3.25. The molecule has 0 saturated carbocycles. The molecular formula is C22H20N2O3S. The van der Waals surface area contributed by atoms with E-state index >= 15 is 0 Å². The van der Waals surface area contributed by atoms with Crippen molar-refractivity contribution in [2.45, 2.75) is 11.4 Å². The maximum Gasteiger partial charge on any atom is 0.268 e. The number of hydrogen-bond donors (Lipinski definition) is 2. The average Bonchev–Trinajstić information content (AvgIpc) is 3.26. The maximum absolute atomic E-state index is 12.7. The molecule has 28 heavy (non-hydrogen) atoms. The van der Waals surface area contributed by atoms with Crippen molar-refractivity contribution in [1.82, 2.24) is 10.6 Å². The highest BCUT2D eigenvalue weighted by atomic mass is 32.2. The SMILES string of the molecule is CSc1ccc(/C=C(/NC(=O)c2ccccc2)C(=O)NCc2ccco2)cc1. The van der Waals surface area contributed by atoms with Crippen molar-refractivity contribution < 1.29 is 14.0 Å². The van der Waals surface area contributed by atoms with Gasteiger partial charge in [0.1, 0.15) is 11.5 Å². The van der Waals surface area contributed by atoms with Crippen molar-refractivity contribution in [2.24, 2.45) is 0 Å². The fourth-order valence-corrected chi connectivity index (χ4v) is 2.89. The van der Waals surface area contributed by atoms with Crippen molar-refractivity contribution in [3.05, 3.63) is 95.6 Å². The van der Waals surface area contributed by atoms with Crippen LogP contribution in [0, 0.1) is 0 Å². The smallest absolute Gasteiger partial charge is 0.268 e.